The number of aryl methyl sites for hydroxylation is 3. The molecule has 0 bridgehead atoms. The quantitative estimate of drug-likeness (QED) is 0.657. The molecule has 2 amide bonds. The van der Waals surface area contributed by atoms with Crippen molar-refractivity contribution in [1.82, 2.24) is 15.2 Å². The fraction of sp³-hybridized carbons (Fsp3) is 0.348. The largest absolute Gasteiger partial charge is 0.427 e. The standard InChI is InChI=1S/C23H25N3O4/c1-3-26-13-16(11-20(26)27)25-22(28)21-14(2)10-17(30-23(21)29)9-8-15-12-24-19-7-5-4-6-18(15)19/h4-7,10,12,16,24H,3,8-9,11,13H2,1-2H3,(H,25,28). The molecule has 3 heterocycles. The van der Waals surface area contributed by atoms with Crippen molar-refractivity contribution >= 4 is 22.7 Å². The zero-order valence-corrected chi connectivity index (χ0v) is 17.2. The van der Waals surface area contributed by atoms with Crippen molar-refractivity contribution in [2.24, 2.45) is 0 Å². The zero-order valence-electron chi connectivity index (χ0n) is 17.2. The van der Waals surface area contributed by atoms with Gasteiger partial charge < -0.3 is 19.6 Å². The summed E-state index contributed by atoms with van der Waals surface area (Å²) >= 11 is 0. The van der Waals surface area contributed by atoms with Gasteiger partial charge in [-0.15, -0.1) is 0 Å². The second-order valence-corrected chi connectivity index (χ2v) is 7.72. The monoisotopic (exact) mass is 407 g/mol. The Kier molecular flexibility index (Phi) is 5.44. The number of carbonyl (C=O) groups is 2. The average Bonchev–Trinajstić information content (AvgIpc) is 3.28. The number of aromatic amines is 1. The van der Waals surface area contributed by atoms with Gasteiger partial charge in [-0.25, -0.2) is 4.79 Å². The number of rotatable bonds is 6. The Morgan fingerprint density at radius 2 is 2.07 bits per heavy atom. The summed E-state index contributed by atoms with van der Waals surface area (Å²) in [5, 5.41) is 3.95. The van der Waals surface area contributed by atoms with Gasteiger partial charge in [0.2, 0.25) is 5.91 Å². The van der Waals surface area contributed by atoms with Gasteiger partial charge in [0.15, 0.2) is 0 Å². The number of nitrogens with one attached hydrogen (secondary N) is 2. The average molecular weight is 407 g/mol. The van der Waals surface area contributed by atoms with E-state index in [4.69, 9.17) is 4.42 Å². The van der Waals surface area contributed by atoms with Crippen LogP contribution >= 0.6 is 0 Å². The van der Waals surface area contributed by atoms with Gasteiger partial charge in [0.1, 0.15) is 11.3 Å². The summed E-state index contributed by atoms with van der Waals surface area (Å²) in [4.78, 5) is 42.0. The highest BCUT2D eigenvalue weighted by Crippen LogP contribution is 2.20. The van der Waals surface area contributed by atoms with Gasteiger partial charge in [0.25, 0.3) is 5.91 Å². The topological polar surface area (TPSA) is 95.4 Å². The molecule has 0 radical (unpaired) electrons. The van der Waals surface area contributed by atoms with Crippen LogP contribution in [0.25, 0.3) is 10.9 Å². The van der Waals surface area contributed by atoms with E-state index in [1.807, 2.05) is 31.3 Å². The van der Waals surface area contributed by atoms with Gasteiger partial charge >= 0.3 is 5.63 Å². The number of para-hydroxylation sites is 1. The molecule has 1 aliphatic rings. The summed E-state index contributed by atoms with van der Waals surface area (Å²) in [5.41, 5.74) is 2.17. The Bertz CT molecular complexity index is 1160. The van der Waals surface area contributed by atoms with Gasteiger partial charge in [0, 0.05) is 43.0 Å². The van der Waals surface area contributed by atoms with E-state index in [2.05, 4.69) is 16.4 Å². The fourth-order valence-corrected chi connectivity index (χ4v) is 4.10. The van der Waals surface area contributed by atoms with E-state index in [0.717, 1.165) is 22.9 Å². The van der Waals surface area contributed by atoms with Gasteiger partial charge in [0.05, 0.1) is 6.04 Å². The zero-order chi connectivity index (χ0) is 21.3. The lowest BCUT2D eigenvalue weighted by Crippen LogP contribution is -2.39. The molecule has 1 atom stereocenters. The molecule has 7 nitrogen and oxygen atoms in total. The maximum atomic E-state index is 12.6. The second-order valence-electron chi connectivity index (χ2n) is 7.72. The molecule has 2 aromatic heterocycles. The van der Waals surface area contributed by atoms with Crippen molar-refractivity contribution in [2.75, 3.05) is 13.1 Å². The summed E-state index contributed by atoms with van der Waals surface area (Å²) < 4.78 is 5.44. The molecule has 3 aromatic rings. The van der Waals surface area contributed by atoms with Gasteiger partial charge in [-0.3, -0.25) is 9.59 Å². The molecule has 0 saturated carbocycles. The summed E-state index contributed by atoms with van der Waals surface area (Å²) in [6, 6.07) is 9.52. The molecule has 7 heteroatoms. The maximum absolute atomic E-state index is 12.6. The molecular weight excluding hydrogens is 382 g/mol. The number of likely N-dealkylation sites (tertiary alicyclic amines) is 1. The minimum atomic E-state index is -0.641. The molecule has 0 spiro atoms. The third-order valence-corrected chi connectivity index (χ3v) is 5.67. The van der Waals surface area contributed by atoms with Crippen LogP contribution < -0.4 is 10.9 Å². The van der Waals surface area contributed by atoms with Crippen molar-refractivity contribution in [2.45, 2.75) is 39.2 Å². The number of nitrogens with zero attached hydrogens (tertiary/aromatic N) is 1. The first kappa shape index (κ1) is 19.9. The fourth-order valence-electron chi connectivity index (χ4n) is 4.10. The lowest BCUT2D eigenvalue weighted by atomic mass is 10.1. The molecule has 1 fully saturated rings. The summed E-state index contributed by atoms with van der Waals surface area (Å²) in [5.74, 6) is 0.0758. The number of benzene rings is 1. The van der Waals surface area contributed by atoms with E-state index in [1.165, 1.54) is 0 Å². The van der Waals surface area contributed by atoms with Crippen LogP contribution in [0.5, 0.6) is 0 Å². The third-order valence-electron chi connectivity index (χ3n) is 5.67. The lowest BCUT2D eigenvalue weighted by Gasteiger charge is -2.15. The molecule has 1 saturated heterocycles. The third kappa shape index (κ3) is 3.87. The number of H-pyrrole nitrogens is 1. The lowest BCUT2D eigenvalue weighted by molar-refractivity contribution is -0.127. The van der Waals surface area contributed by atoms with Gasteiger partial charge in [-0.1, -0.05) is 18.2 Å². The Labute approximate surface area is 174 Å². The Hall–Kier alpha value is -3.35. The van der Waals surface area contributed by atoms with E-state index in [-0.39, 0.29) is 23.9 Å². The Morgan fingerprint density at radius 3 is 2.80 bits per heavy atom. The number of likely N-dealkylation sites (N-methyl/N-ethyl adjacent to an activating group) is 1. The SMILES string of the molecule is CCN1CC(NC(=O)c2c(C)cc(CCc3c[nH]c4ccccc34)oc2=O)CC1=O. The number of hydrogen-bond donors (Lipinski definition) is 2. The minimum absolute atomic E-state index is 0.00763. The minimum Gasteiger partial charge on any atom is -0.427 e. The molecule has 1 unspecified atom stereocenters. The molecule has 1 aromatic carbocycles. The van der Waals surface area contributed by atoms with Gasteiger partial charge in [-0.2, -0.15) is 0 Å². The van der Waals surface area contributed by atoms with Crippen molar-refractivity contribution in [3.05, 3.63) is 69.4 Å². The first-order valence-corrected chi connectivity index (χ1v) is 10.2. The maximum Gasteiger partial charge on any atom is 0.349 e. The first-order chi connectivity index (χ1) is 14.5. The van der Waals surface area contributed by atoms with Crippen LogP contribution in [-0.2, 0) is 17.6 Å². The van der Waals surface area contributed by atoms with Crippen molar-refractivity contribution in [3.63, 3.8) is 0 Å². The number of amides is 2. The predicted octanol–water partition coefficient (Wildman–Crippen LogP) is 2.57. The molecule has 30 heavy (non-hydrogen) atoms. The second kappa shape index (κ2) is 8.18. The smallest absolute Gasteiger partial charge is 0.349 e. The summed E-state index contributed by atoms with van der Waals surface area (Å²) in [6.45, 7) is 4.71. The summed E-state index contributed by atoms with van der Waals surface area (Å²) in [7, 11) is 0. The predicted molar refractivity (Wildman–Crippen MR) is 114 cm³/mol. The van der Waals surface area contributed by atoms with Crippen LogP contribution in [0, 0.1) is 6.92 Å². The van der Waals surface area contributed by atoms with E-state index in [0.29, 0.717) is 30.8 Å². The highest BCUT2D eigenvalue weighted by molar-refractivity contribution is 5.96. The van der Waals surface area contributed by atoms with E-state index in [9.17, 15) is 14.4 Å². The van der Waals surface area contributed by atoms with Crippen LogP contribution in [0.15, 0.2) is 45.7 Å². The molecule has 156 valence electrons. The van der Waals surface area contributed by atoms with Crippen LogP contribution in [0.4, 0.5) is 0 Å². The Balaban J connectivity index is 1.46. The van der Waals surface area contributed by atoms with E-state index in [1.54, 1.807) is 17.9 Å². The number of hydrogen-bond acceptors (Lipinski definition) is 4. The van der Waals surface area contributed by atoms with E-state index < -0.39 is 11.5 Å². The molecule has 0 aliphatic carbocycles. The van der Waals surface area contributed by atoms with Crippen LogP contribution in [0.3, 0.4) is 0 Å². The van der Waals surface area contributed by atoms with E-state index >= 15 is 0 Å². The number of fused-ring (bicyclic) bond motifs is 1. The number of aromatic nitrogens is 1. The molecular formula is C23H25N3O4. The number of carbonyl (C=O) groups excluding carboxylic acids is 2. The van der Waals surface area contributed by atoms with Crippen molar-refractivity contribution < 1.29 is 14.0 Å². The molecule has 1 aliphatic heterocycles. The van der Waals surface area contributed by atoms with Crippen LogP contribution in [0.2, 0.25) is 0 Å². The van der Waals surface area contributed by atoms with Gasteiger partial charge in [-0.05, 0) is 43.5 Å². The van der Waals surface area contributed by atoms with Crippen LogP contribution in [0.1, 0.15) is 40.6 Å². The highest BCUT2D eigenvalue weighted by Gasteiger charge is 2.30. The Morgan fingerprint density at radius 1 is 1.27 bits per heavy atom. The highest BCUT2D eigenvalue weighted by atomic mass is 16.4. The van der Waals surface area contributed by atoms with Crippen LogP contribution in [-0.4, -0.2) is 40.8 Å². The summed E-state index contributed by atoms with van der Waals surface area (Å²) in [6.07, 6.45) is 3.50. The molecule has 2 N–H and O–H groups in total. The first-order valence-electron chi connectivity index (χ1n) is 10.2. The molecule has 4 rings (SSSR count). The van der Waals surface area contributed by atoms with Crippen molar-refractivity contribution in [3.8, 4) is 0 Å². The normalized spacial score (nSPS) is 16.4. The van der Waals surface area contributed by atoms with Crippen molar-refractivity contribution in [1.29, 1.82) is 0 Å².